The zero-order valence-corrected chi connectivity index (χ0v) is 35.4. The Morgan fingerprint density at radius 1 is 0.864 bits per heavy atom. The lowest BCUT2D eigenvalue weighted by Gasteiger charge is -2.40. The van der Waals surface area contributed by atoms with Crippen molar-refractivity contribution in [2.24, 2.45) is 5.92 Å². The summed E-state index contributed by atoms with van der Waals surface area (Å²) in [5, 5.41) is 3.09. The van der Waals surface area contributed by atoms with Gasteiger partial charge in [0.2, 0.25) is 5.91 Å². The number of nitrogens with one attached hydrogen (secondary N) is 1. The fraction of sp³-hybridized carbons (Fsp3) is 0.400. The number of rotatable bonds is 13. The second-order valence-electron chi connectivity index (χ2n) is 16.8. The molecule has 4 aromatic carbocycles. The molecule has 2 saturated heterocycles. The predicted octanol–water partition coefficient (Wildman–Crippen LogP) is 9.88. The number of cyclic esters (lactones) is 1. The molecule has 0 aromatic heterocycles. The SMILES string of the molecule is CN1CCN(C(=O)Oc2ccc([C@@H](Nc3ccc(F)cc3)[C@@H](CC[C@H](O[Si](C)(C)C(C)(C)C)c3ccc(F)cc3)C(=O)N3C(=O)OC[C@@H]3c3ccccc3)c(F)c2)CC1. The highest BCUT2D eigenvalue weighted by Gasteiger charge is 2.45. The molecule has 2 fully saturated rings. The minimum atomic E-state index is -2.48. The summed E-state index contributed by atoms with van der Waals surface area (Å²) >= 11 is 0. The number of carbonyl (C=O) groups is 3. The smallest absolute Gasteiger partial charge is 0.417 e. The van der Waals surface area contributed by atoms with Crippen LogP contribution in [-0.2, 0) is 14.0 Å². The molecule has 2 heterocycles. The monoisotopic (exact) mass is 830 g/mol. The first-order valence-electron chi connectivity index (χ1n) is 20.0. The van der Waals surface area contributed by atoms with Gasteiger partial charge in [-0.15, -0.1) is 0 Å². The van der Waals surface area contributed by atoms with E-state index in [0.29, 0.717) is 43.0 Å². The molecule has 0 aliphatic carbocycles. The number of imide groups is 1. The molecule has 2 aliphatic rings. The van der Waals surface area contributed by atoms with Gasteiger partial charge >= 0.3 is 12.2 Å². The molecule has 3 amide bonds. The zero-order valence-electron chi connectivity index (χ0n) is 34.4. The first-order chi connectivity index (χ1) is 28.0. The lowest BCUT2D eigenvalue weighted by Crippen LogP contribution is -2.48. The molecule has 14 heteroatoms. The van der Waals surface area contributed by atoms with Crippen LogP contribution in [0, 0.1) is 23.4 Å². The number of benzene rings is 4. The molecule has 0 unspecified atom stereocenters. The number of piperazine rings is 1. The summed E-state index contributed by atoms with van der Waals surface area (Å²) in [7, 11) is -0.517. The fourth-order valence-corrected chi connectivity index (χ4v) is 8.45. The summed E-state index contributed by atoms with van der Waals surface area (Å²) in [6, 6.07) is 22.6. The summed E-state index contributed by atoms with van der Waals surface area (Å²) in [5.41, 5.74) is 1.80. The van der Waals surface area contributed by atoms with Crippen LogP contribution in [0.1, 0.15) is 68.5 Å². The predicted molar refractivity (Wildman–Crippen MR) is 222 cm³/mol. The third-order valence-electron chi connectivity index (χ3n) is 11.7. The van der Waals surface area contributed by atoms with Crippen LogP contribution in [0.4, 0.5) is 28.4 Å². The van der Waals surface area contributed by atoms with Crippen LogP contribution < -0.4 is 10.1 Å². The quantitative estimate of drug-likeness (QED) is 0.133. The van der Waals surface area contributed by atoms with Crippen molar-refractivity contribution in [1.29, 1.82) is 0 Å². The molecule has 4 atom stereocenters. The Kier molecular flexibility index (Phi) is 13.5. The molecular weight excluding hydrogens is 778 g/mol. The highest BCUT2D eigenvalue weighted by atomic mass is 28.4. The molecule has 2 aliphatic heterocycles. The topological polar surface area (TPSA) is 101 Å². The molecule has 0 bridgehead atoms. The van der Waals surface area contributed by atoms with Gasteiger partial charge < -0.3 is 29.0 Å². The van der Waals surface area contributed by atoms with E-state index in [1.165, 1.54) is 48.5 Å². The van der Waals surface area contributed by atoms with Crippen molar-refractivity contribution >= 4 is 32.1 Å². The first-order valence-corrected chi connectivity index (χ1v) is 22.9. The van der Waals surface area contributed by atoms with E-state index in [4.69, 9.17) is 13.9 Å². The number of hydrogen-bond donors (Lipinski definition) is 1. The number of amides is 3. The van der Waals surface area contributed by atoms with Gasteiger partial charge in [-0.05, 0) is 91.6 Å². The Hall–Kier alpha value is -5.18. The van der Waals surface area contributed by atoms with E-state index in [1.54, 1.807) is 41.3 Å². The van der Waals surface area contributed by atoms with Gasteiger partial charge in [-0.3, -0.25) is 4.79 Å². The Bertz CT molecular complexity index is 2080. The Morgan fingerprint density at radius 2 is 1.49 bits per heavy atom. The Balaban J connectivity index is 1.42. The highest BCUT2D eigenvalue weighted by molar-refractivity contribution is 6.74. The van der Waals surface area contributed by atoms with Gasteiger partial charge in [0.05, 0.1) is 18.1 Å². The molecule has 314 valence electrons. The van der Waals surface area contributed by atoms with Gasteiger partial charge in [0.25, 0.3) is 0 Å². The molecule has 4 aromatic rings. The van der Waals surface area contributed by atoms with Crippen LogP contribution in [0.5, 0.6) is 5.75 Å². The van der Waals surface area contributed by atoms with Gasteiger partial charge in [-0.25, -0.2) is 27.7 Å². The van der Waals surface area contributed by atoms with Crippen LogP contribution in [0.3, 0.4) is 0 Å². The number of nitrogens with zero attached hydrogens (tertiary/aromatic N) is 3. The van der Waals surface area contributed by atoms with Gasteiger partial charge in [0, 0.05) is 43.5 Å². The molecule has 6 rings (SSSR count). The van der Waals surface area contributed by atoms with Crippen molar-refractivity contribution in [3.63, 3.8) is 0 Å². The maximum Gasteiger partial charge on any atom is 0.417 e. The van der Waals surface area contributed by atoms with Gasteiger partial charge in [0.1, 0.15) is 35.8 Å². The third-order valence-corrected chi connectivity index (χ3v) is 16.2. The number of likely N-dealkylation sites (N-methyl/N-ethyl adjacent to an activating group) is 1. The van der Waals surface area contributed by atoms with Gasteiger partial charge in [-0.1, -0.05) is 69.3 Å². The second kappa shape index (κ2) is 18.4. The van der Waals surface area contributed by atoms with Crippen LogP contribution in [0.25, 0.3) is 0 Å². The Labute approximate surface area is 345 Å². The summed E-state index contributed by atoms with van der Waals surface area (Å²) in [6.07, 6.45) is -1.77. The van der Waals surface area contributed by atoms with Crippen LogP contribution in [-0.4, -0.2) is 80.9 Å². The zero-order chi connectivity index (χ0) is 42.5. The summed E-state index contributed by atoms with van der Waals surface area (Å²) in [5.74, 6) is -3.49. The van der Waals surface area contributed by atoms with Crippen LogP contribution in [0.2, 0.25) is 18.1 Å². The Morgan fingerprint density at radius 3 is 2.10 bits per heavy atom. The van der Waals surface area contributed by atoms with Crippen LogP contribution in [0.15, 0.2) is 97.1 Å². The molecule has 0 saturated carbocycles. The number of halogens is 3. The van der Waals surface area contributed by atoms with Gasteiger partial charge in [-0.2, -0.15) is 0 Å². The molecule has 0 spiro atoms. The molecule has 59 heavy (non-hydrogen) atoms. The van der Waals surface area contributed by atoms with E-state index in [-0.39, 0.29) is 35.8 Å². The minimum Gasteiger partial charge on any atom is -0.446 e. The standard InChI is InChI=1S/C45H53F3N4O6Si/c1-45(2,3)59(5,6)58-40(31-12-14-32(46)15-13-31)23-22-37(42(53)52-39(29-56-44(52)55)30-10-8-7-9-11-30)41(49-34-18-16-33(47)17-19-34)36-21-20-35(28-38(36)48)57-43(54)51-26-24-50(4)25-27-51/h7-21,28,37,39-41,49H,22-27,29H2,1-6H3/t37-,39-,40+,41-/m1/s1. The third kappa shape index (κ3) is 10.5. The van der Waals surface area contributed by atoms with E-state index < -0.39 is 68.0 Å². The molecule has 1 N–H and O–H groups in total. The van der Waals surface area contributed by atoms with E-state index in [1.807, 2.05) is 13.1 Å². The number of hydrogen-bond acceptors (Lipinski definition) is 8. The van der Waals surface area contributed by atoms with E-state index in [9.17, 15) is 18.4 Å². The van der Waals surface area contributed by atoms with Crippen molar-refractivity contribution < 1.29 is 41.5 Å². The number of anilines is 1. The van der Waals surface area contributed by atoms with Crippen molar-refractivity contribution in [1.82, 2.24) is 14.7 Å². The average molecular weight is 831 g/mol. The molecule has 0 radical (unpaired) electrons. The minimum absolute atomic E-state index is 0.0232. The van der Waals surface area contributed by atoms with Crippen molar-refractivity contribution in [3.8, 4) is 5.75 Å². The highest BCUT2D eigenvalue weighted by Crippen LogP contribution is 2.43. The van der Waals surface area contributed by atoms with Crippen molar-refractivity contribution in [2.45, 2.75) is 69.9 Å². The maximum atomic E-state index is 16.7. The number of ether oxygens (including phenoxy) is 2. The molecule has 10 nitrogen and oxygen atoms in total. The lowest BCUT2D eigenvalue weighted by molar-refractivity contribution is -0.134. The fourth-order valence-electron chi connectivity index (χ4n) is 7.13. The maximum absolute atomic E-state index is 16.7. The van der Waals surface area contributed by atoms with Gasteiger partial charge in [0.15, 0.2) is 8.32 Å². The van der Waals surface area contributed by atoms with E-state index in [2.05, 4.69) is 44.1 Å². The normalized spacial score (nSPS) is 17.9. The summed E-state index contributed by atoms with van der Waals surface area (Å²) in [6.45, 7) is 12.7. The van der Waals surface area contributed by atoms with Crippen molar-refractivity contribution in [3.05, 3.63) is 131 Å². The largest absolute Gasteiger partial charge is 0.446 e. The lowest BCUT2D eigenvalue weighted by atomic mass is 9.85. The number of carbonyl (C=O) groups excluding carboxylic acids is 3. The van der Waals surface area contributed by atoms with E-state index in [0.717, 1.165) is 11.0 Å². The summed E-state index contributed by atoms with van der Waals surface area (Å²) in [4.78, 5) is 46.5. The van der Waals surface area contributed by atoms with E-state index >= 15 is 9.18 Å². The van der Waals surface area contributed by atoms with Crippen molar-refractivity contribution in [2.75, 3.05) is 45.2 Å². The first kappa shape index (κ1) is 43.4. The summed E-state index contributed by atoms with van der Waals surface area (Å²) < 4.78 is 63.2. The molecular formula is C45H53F3N4O6Si. The van der Waals surface area contributed by atoms with Crippen LogP contribution >= 0.6 is 0 Å². The second-order valence-corrected chi connectivity index (χ2v) is 21.5. The average Bonchev–Trinajstić information content (AvgIpc) is 3.59.